The van der Waals surface area contributed by atoms with Crippen LogP contribution >= 0.6 is 0 Å². The predicted octanol–water partition coefficient (Wildman–Crippen LogP) is 4.39. The highest BCUT2D eigenvalue weighted by molar-refractivity contribution is 6.05. The summed E-state index contributed by atoms with van der Waals surface area (Å²) in [6.45, 7) is 2.91. The first kappa shape index (κ1) is 19.4. The molecule has 0 saturated heterocycles. The van der Waals surface area contributed by atoms with Gasteiger partial charge in [-0.3, -0.25) is 9.69 Å². The van der Waals surface area contributed by atoms with Gasteiger partial charge in [0.05, 0.1) is 13.2 Å². The van der Waals surface area contributed by atoms with Crippen molar-refractivity contribution in [3.05, 3.63) is 84.1 Å². The smallest absolute Gasteiger partial charge is 0.259 e. The maximum Gasteiger partial charge on any atom is 0.259 e. The highest BCUT2D eigenvalue weighted by atomic mass is 16.5. The molecule has 1 heterocycles. The number of ether oxygens (including phenoxy) is 1. The first-order valence-electron chi connectivity index (χ1n) is 9.30. The number of nitrogens with zero attached hydrogens (tertiary/aromatic N) is 3. The molecular formula is C23H25N3O2. The van der Waals surface area contributed by atoms with E-state index in [-0.39, 0.29) is 5.91 Å². The topological polar surface area (TPSA) is 45.7 Å². The highest BCUT2D eigenvalue weighted by Crippen LogP contribution is 2.21. The van der Waals surface area contributed by atoms with Crippen LogP contribution in [0.2, 0.25) is 0 Å². The molecule has 0 atom stereocenters. The van der Waals surface area contributed by atoms with E-state index in [1.165, 1.54) is 0 Å². The van der Waals surface area contributed by atoms with Crippen LogP contribution < -0.4 is 14.5 Å². The van der Waals surface area contributed by atoms with E-state index in [9.17, 15) is 4.79 Å². The highest BCUT2D eigenvalue weighted by Gasteiger charge is 2.19. The van der Waals surface area contributed by atoms with Crippen molar-refractivity contribution >= 4 is 17.4 Å². The Bertz CT molecular complexity index is 909. The zero-order chi connectivity index (χ0) is 19.9. The van der Waals surface area contributed by atoms with Gasteiger partial charge in [-0.1, -0.05) is 24.3 Å². The van der Waals surface area contributed by atoms with Crippen LogP contribution in [-0.2, 0) is 6.54 Å². The number of carbonyl (C=O) groups excluding carboxylic acids is 1. The summed E-state index contributed by atoms with van der Waals surface area (Å²) in [6, 6.07) is 21.0. The molecule has 1 aromatic heterocycles. The number of anilines is 2. The third-order valence-electron chi connectivity index (χ3n) is 4.36. The molecule has 3 rings (SSSR count). The van der Waals surface area contributed by atoms with Crippen molar-refractivity contribution in [3.63, 3.8) is 0 Å². The maximum absolute atomic E-state index is 13.3. The molecular weight excluding hydrogens is 350 g/mol. The average molecular weight is 375 g/mol. The van der Waals surface area contributed by atoms with Gasteiger partial charge < -0.3 is 9.64 Å². The summed E-state index contributed by atoms with van der Waals surface area (Å²) >= 11 is 0. The summed E-state index contributed by atoms with van der Waals surface area (Å²) in [5, 5.41) is 0. The molecule has 1 amide bonds. The van der Waals surface area contributed by atoms with Crippen LogP contribution in [0.15, 0.2) is 72.9 Å². The number of benzene rings is 2. The second-order valence-electron chi connectivity index (χ2n) is 6.60. The molecule has 0 bridgehead atoms. The summed E-state index contributed by atoms with van der Waals surface area (Å²) in [4.78, 5) is 21.4. The largest absolute Gasteiger partial charge is 0.494 e. The standard InChI is InChI=1S/C23H25N3O2/c1-4-28-21-9-7-8-19(16-21)23(27)26(22-10-5-6-15-24-22)17-18-11-13-20(14-12-18)25(2)3/h5-16H,4,17H2,1-3H3. The third-order valence-corrected chi connectivity index (χ3v) is 4.36. The van der Waals surface area contributed by atoms with E-state index < -0.39 is 0 Å². The molecule has 0 spiro atoms. The summed E-state index contributed by atoms with van der Waals surface area (Å²) in [5.41, 5.74) is 2.72. The maximum atomic E-state index is 13.3. The molecule has 0 unspecified atom stereocenters. The van der Waals surface area contributed by atoms with E-state index in [0.29, 0.717) is 30.3 Å². The molecule has 0 fully saturated rings. The Morgan fingerprint density at radius 2 is 1.79 bits per heavy atom. The number of hydrogen-bond donors (Lipinski definition) is 0. The van der Waals surface area contributed by atoms with Crippen molar-refractivity contribution in [2.24, 2.45) is 0 Å². The monoisotopic (exact) mass is 375 g/mol. The first-order chi connectivity index (χ1) is 13.6. The molecule has 0 radical (unpaired) electrons. The summed E-state index contributed by atoms with van der Waals surface area (Å²) in [6.07, 6.45) is 1.70. The van der Waals surface area contributed by atoms with Crippen LogP contribution in [0.3, 0.4) is 0 Å². The quantitative estimate of drug-likeness (QED) is 0.614. The van der Waals surface area contributed by atoms with Gasteiger partial charge >= 0.3 is 0 Å². The second kappa shape index (κ2) is 9.04. The molecule has 28 heavy (non-hydrogen) atoms. The van der Waals surface area contributed by atoms with Gasteiger partial charge in [-0.15, -0.1) is 0 Å². The van der Waals surface area contributed by atoms with Gasteiger partial charge in [0.1, 0.15) is 11.6 Å². The Morgan fingerprint density at radius 3 is 2.43 bits per heavy atom. The van der Waals surface area contributed by atoms with Crippen molar-refractivity contribution in [1.82, 2.24) is 4.98 Å². The van der Waals surface area contributed by atoms with Crippen LogP contribution in [0, 0.1) is 0 Å². The molecule has 3 aromatic rings. The van der Waals surface area contributed by atoms with Crippen LogP contribution in [0.5, 0.6) is 5.75 Å². The number of hydrogen-bond acceptors (Lipinski definition) is 4. The Kier molecular flexibility index (Phi) is 6.27. The lowest BCUT2D eigenvalue weighted by atomic mass is 10.1. The lowest BCUT2D eigenvalue weighted by Gasteiger charge is -2.23. The zero-order valence-corrected chi connectivity index (χ0v) is 16.5. The number of carbonyl (C=O) groups is 1. The average Bonchev–Trinajstić information content (AvgIpc) is 2.73. The molecule has 5 heteroatoms. The molecule has 0 aliphatic heterocycles. The molecule has 0 aliphatic rings. The number of pyridine rings is 1. The van der Waals surface area contributed by atoms with Gasteiger partial charge in [-0.05, 0) is 55.0 Å². The lowest BCUT2D eigenvalue weighted by molar-refractivity contribution is 0.0984. The fourth-order valence-corrected chi connectivity index (χ4v) is 2.89. The molecule has 0 saturated carbocycles. The Morgan fingerprint density at radius 1 is 1.00 bits per heavy atom. The molecule has 5 nitrogen and oxygen atoms in total. The zero-order valence-electron chi connectivity index (χ0n) is 16.5. The van der Waals surface area contributed by atoms with Crippen LogP contribution in [0.25, 0.3) is 0 Å². The van der Waals surface area contributed by atoms with Gasteiger partial charge in [0.15, 0.2) is 0 Å². The number of amides is 1. The van der Waals surface area contributed by atoms with Crippen LogP contribution in [0.4, 0.5) is 11.5 Å². The second-order valence-corrected chi connectivity index (χ2v) is 6.60. The Hall–Kier alpha value is -3.34. The molecule has 0 aliphatic carbocycles. The Labute approximate surface area is 166 Å². The molecule has 2 aromatic carbocycles. The summed E-state index contributed by atoms with van der Waals surface area (Å²) in [5.74, 6) is 1.19. The van der Waals surface area contributed by atoms with Gasteiger partial charge in [0.25, 0.3) is 5.91 Å². The fourth-order valence-electron chi connectivity index (χ4n) is 2.89. The normalized spacial score (nSPS) is 10.4. The minimum absolute atomic E-state index is 0.114. The number of aromatic nitrogens is 1. The van der Waals surface area contributed by atoms with Crippen molar-refractivity contribution in [1.29, 1.82) is 0 Å². The molecule has 0 N–H and O–H groups in total. The molecule has 144 valence electrons. The third kappa shape index (κ3) is 4.68. The van der Waals surface area contributed by atoms with E-state index in [2.05, 4.69) is 4.98 Å². The van der Waals surface area contributed by atoms with Gasteiger partial charge in [-0.25, -0.2) is 4.98 Å². The van der Waals surface area contributed by atoms with Crippen LogP contribution in [0.1, 0.15) is 22.8 Å². The van der Waals surface area contributed by atoms with E-state index in [4.69, 9.17) is 4.74 Å². The van der Waals surface area contributed by atoms with Gasteiger partial charge in [0, 0.05) is 31.5 Å². The summed E-state index contributed by atoms with van der Waals surface area (Å²) < 4.78 is 5.54. The van der Waals surface area contributed by atoms with E-state index in [1.54, 1.807) is 23.2 Å². The predicted molar refractivity (Wildman–Crippen MR) is 113 cm³/mol. The summed E-state index contributed by atoms with van der Waals surface area (Å²) in [7, 11) is 4.01. The minimum Gasteiger partial charge on any atom is -0.494 e. The van der Waals surface area contributed by atoms with Crippen molar-refractivity contribution in [2.75, 3.05) is 30.5 Å². The van der Waals surface area contributed by atoms with Crippen LogP contribution in [-0.4, -0.2) is 31.6 Å². The van der Waals surface area contributed by atoms with Crippen molar-refractivity contribution in [2.45, 2.75) is 13.5 Å². The lowest BCUT2D eigenvalue weighted by Crippen LogP contribution is -2.31. The van der Waals surface area contributed by atoms with E-state index in [0.717, 1.165) is 11.3 Å². The van der Waals surface area contributed by atoms with Crippen molar-refractivity contribution < 1.29 is 9.53 Å². The van der Waals surface area contributed by atoms with Gasteiger partial charge in [-0.2, -0.15) is 0 Å². The van der Waals surface area contributed by atoms with E-state index >= 15 is 0 Å². The fraction of sp³-hybridized carbons (Fsp3) is 0.217. The Balaban J connectivity index is 1.91. The van der Waals surface area contributed by atoms with Gasteiger partial charge in [0.2, 0.25) is 0 Å². The van der Waals surface area contributed by atoms with Crippen molar-refractivity contribution in [3.8, 4) is 5.75 Å². The number of rotatable bonds is 7. The first-order valence-corrected chi connectivity index (χ1v) is 9.30. The minimum atomic E-state index is -0.114. The SMILES string of the molecule is CCOc1cccc(C(=O)N(Cc2ccc(N(C)C)cc2)c2ccccn2)c1. The van der Waals surface area contributed by atoms with E-state index in [1.807, 2.05) is 80.5 Å².